The molecular weight excluding hydrogens is 933 g/mol. The number of esters is 2. The second-order valence-corrected chi connectivity index (χ2v) is 22.2. The molecule has 5 heteroatoms. The fourth-order valence-electron chi connectivity index (χ4n) is 9.73. The first-order chi connectivity index (χ1) is 37.6. The Balaban J connectivity index is 3.42. The number of unbranched alkanes of at least 4 members (excludes halogenated alkanes) is 39. The molecule has 0 bridgehead atoms. The third-order valence-electron chi connectivity index (χ3n) is 14.7. The number of carbonyl (C=O) groups is 2. The molecule has 0 aliphatic rings. The van der Waals surface area contributed by atoms with Crippen molar-refractivity contribution in [3.05, 3.63) is 85.1 Å². The lowest BCUT2D eigenvalue weighted by molar-refractivity contribution is -0.161. The maximum absolute atomic E-state index is 12.3. The summed E-state index contributed by atoms with van der Waals surface area (Å²) in [4.78, 5) is 24.6. The zero-order valence-electron chi connectivity index (χ0n) is 50.5. The van der Waals surface area contributed by atoms with Gasteiger partial charge >= 0.3 is 11.9 Å². The summed E-state index contributed by atoms with van der Waals surface area (Å²) in [7, 11) is 0. The Morgan fingerprint density at radius 3 is 0.855 bits per heavy atom. The molecule has 0 radical (unpaired) electrons. The molecule has 0 rings (SSSR count). The van der Waals surface area contributed by atoms with Crippen molar-refractivity contribution in [2.45, 2.75) is 341 Å². The molecule has 0 fully saturated rings. The molecule has 0 spiro atoms. The van der Waals surface area contributed by atoms with E-state index >= 15 is 0 Å². The monoisotopic (exact) mass is 1060 g/mol. The van der Waals surface area contributed by atoms with Crippen LogP contribution in [0.2, 0.25) is 0 Å². The van der Waals surface area contributed by atoms with E-state index in [4.69, 9.17) is 9.47 Å². The molecule has 0 aliphatic heterocycles. The SMILES string of the molecule is CC/C=C\C/C=C\C/C=C\C/C=C\CCCCCCCCCCCCCCCCCCCCCCCCCCCCC(=O)OC(CO)COC(=O)CCCCCCCCCC/C=C\C/C=C\C/C=C\CCCCCCC. The number of aliphatic hydroxyl groups is 1. The quantitative estimate of drug-likeness (QED) is 0.0373. The maximum Gasteiger partial charge on any atom is 0.306 e. The van der Waals surface area contributed by atoms with Gasteiger partial charge in [0, 0.05) is 12.8 Å². The molecule has 1 atom stereocenters. The maximum atomic E-state index is 12.3. The first kappa shape index (κ1) is 73.1. The molecule has 0 aromatic rings. The van der Waals surface area contributed by atoms with Crippen molar-refractivity contribution in [3.8, 4) is 0 Å². The molecule has 0 aromatic heterocycles. The zero-order valence-corrected chi connectivity index (χ0v) is 50.5. The number of aliphatic hydroxyl groups excluding tert-OH is 1. The molecular formula is C71H126O5. The standard InChI is InChI=1S/C71H126O5/c1-3-5-7-9-11-13-15-17-19-21-23-25-27-28-29-30-31-32-33-34-35-36-37-38-39-40-41-42-44-46-48-50-52-54-56-58-60-62-64-66-71(74)76-69(67-72)68-75-70(73)65-63-61-59-57-55-53-51-49-47-45-43-26-24-22-20-18-16-14-12-10-8-6-4-2/h5,7,11,13,16-19,22-25,43,45,69,72H,3-4,6,8-10,12,14-15,20-21,26-42,44,46-68H2,1-2H3/b7-5-,13-11-,18-16-,19-17-,24-22-,25-23-,45-43-. The summed E-state index contributed by atoms with van der Waals surface area (Å²) >= 11 is 0. The molecule has 0 heterocycles. The second-order valence-electron chi connectivity index (χ2n) is 22.2. The van der Waals surface area contributed by atoms with E-state index in [0.717, 1.165) is 77.0 Å². The lowest BCUT2D eigenvalue weighted by Gasteiger charge is -2.15. The third-order valence-corrected chi connectivity index (χ3v) is 14.7. The van der Waals surface area contributed by atoms with Crippen LogP contribution in [0.5, 0.6) is 0 Å². The number of hydrogen-bond acceptors (Lipinski definition) is 5. The molecule has 0 aromatic carbocycles. The van der Waals surface area contributed by atoms with Crippen molar-refractivity contribution in [2.24, 2.45) is 0 Å². The van der Waals surface area contributed by atoms with Crippen LogP contribution in [0.1, 0.15) is 335 Å². The van der Waals surface area contributed by atoms with Crippen LogP contribution < -0.4 is 0 Å². The molecule has 0 saturated heterocycles. The summed E-state index contributed by atoms with van der Waals surface area (Å²) in [6, 6.07) is 0. The van der Waals surface area contributed by atoms with Gasteiger partial charge in [-0.15, -0.1) is 0 Å². The Morgan fingerprint density at radius 2 is 0.566 bits per heavy atom. The summed E-state index contributed by atoms with van der Waals surface area (Å²) in [5, 5.41) is 9.68. The minimum absolute atomic E-state index is 0.0686. The Labute approximate surface area is 473 Å². The van der Waals surface area contributed by atoms with Crippen LogP contribution in [0.4, 0.5) is 0 Å². The van der Waals surface area contributed by atoms with Crippen LogP contribution in [0.15, 0.2) is 85.1 Å². The number of rotatable bonds is 61. The molecule has 1 N–H and O–H groups in total. The van der Waals surface area contributed by atoms with Gasteiger partial charge in [0.05, 0.1) is 6.61 Å². The van der Waals surface area contributed by atoms with Crippen molar-refractivity contribution in [2.75, 3.05) is 13.2 Å². The molecule has 0 aliphatic carbocycles. The second kappa shape index (κ2) is 66.4. The van der Waals surface area contributed by atoms with Gasteiger partial charge in [0.2, 0.25) is 0 Å². The third kappa shape index (κ3) is 63.6. The normalized spacial score (nSPS) is 12.7. The Hall–Kier alpha value is -2.92. The Morgan fingerprint density at radius 1 is 0.316 bits per heavy atom. The van der Waals surface area contributed by atoms with Gasteiger partial charge in [0.1, 0.15) is 6.61 Å². The predicted molar refractivity (Wildman–Crippen MR) is 334 cm³/mol. The highest BCUT2D eigenvalue weighted by molar-refractivity contribution is 5.70. The minimum Gasteiger partial charge on any atom is -0.462 e. The summed E-state index contributed by atoms with van der Waals surface area (Å²) in [6.45, 7) is 4.04. The molecule has 5 nitrogen and oxygen atoms in total. The number of hydrogen-bond donors (Lipinski definition) is 1. The van der Waals surface area contributed by atoms with Crippen molar-refractivity contribution < 1.29 is 24.2 Å². The van der Waals surface area contributed by atoms with Crippen LogP contribution in [0.3, 0.4) is 0 Å². The van der Waals surface area contributed by atoms with E-state index in [-0.39, 0.29) is 25.2 Å². The molecule has 1 unspecified atom stereocenters. The summed E-state index contributed by atoms with van der Waals surface area (Å²) in [5.74, 6) is -0.586. The summed E-state index contributed by atoms with van der Waals surface area (Å²) in [6.07, 6.45) is 93.2. The predicted octanol–water partition coefficient (Wildman–Crippen LogP) is 22.9. The smallest absolute Gasteiger partial charge is 0.306 e. The topological polar surface area (TPSA) is 72.8 Å². The van der Waals surface area contributed by atoms with Crippen LogP contribution in [0.25, 0.3) is 0 Å². The summed E-state index contributed by atoms with van der Waals surface area (Å²) in [5.41, 5.74) is 0. The van der Waals surface area contributed by atoms with Crippen LogP contribution in [-0.2, 0) is 19.1 Å². The average molecular weight is 1060 g/mol. The Kier molecular flexibility index (Phi) is 63.8. The van der Waals surface area contributed by atoms with Gasteiger partial charge < -0.3 is 14.6 Å². The molecule has 76 heavy (non-hydrogen) atoms. The first-order valence-corrected chi connectivity index (χ1v) is 33.1. The van der Waals surface area contributed by atoms with Gasteiger partial charge in [-0.25, -0.2) is 0 Å². The fourth-order valence-corrected chi connectivity index (χ4v) is 9.73. The van der Waals surface area contributed by atoms with E-state index in [9.17, 15) is 14.7 Å². The van der Waals surface area contributed by atoms with Crippen LogP contribution in [0, 0.1) is 0 Å². The molecule has 0 amide bonds. The van der Waals surface area contributed by atoms with E-state index in [1.807, 2.05) is 0 Å². The highest BCUT2D eigenvalue weighted by Crippen LogP contribution is 2.18. The average Bonchev–Trinajstić information content (AvgIpc) is 3.42. The van der Waals surface area contributed by atoms with Gasteiger partial charge in [0.25, 0.3) is 0 Å². The highest BCUT2D eigenvalue weighted by atomic mass is 16.6. The van der Waals surface area contributed by atoms with Gasteiger partial charge in [0.15, 0.2) is 6.10 Å². The van der Waals surface area contributed by atoms with Gasteiger partial charge in [-0.1, -0.05) is 317 Å². The van der Waals surface area contributed by atoms with E-state index in [0.29, 0.717) is 12.8 Å². The van der Waals surface area contributed by atoms with Crippen molar-refractivity contribution in [1.29, 1.82) is 0 Å². The van der Waals surface area contributed by atoms with Crippen molar-refractivity contribution in [3.63, 3.8) is 0 Å². The van der Waals surface area contributed by atoms with E-state index in [1.165, 1.54) is 231 Å². The van der Waals surface area contributed by atoms with E-state index in [2.05, 4.69) is 98.9 Å². The van der Waals surface area contributed by atoms with E-state index in [1.54, 1.807) is 0 Å². The first-order valence-electron chi connectivity index (χ1n) is 33.1. The van der Waals surface area contributed by atoms with E-state index < -0.39 is 6.10 Å². The lowest BCUT2D eigenvalue weighted by atomic mass is 10.0. The van der Waals surface area contributed by atoms with Gasteiger partial charge in [-0.2, -0.15) is 0 Å². The van der Waals surface area contributed by atoms with Crippen LogP contribution in [-0.4, -0.2) is 36.4 Å². The molecule has 0 saturated carbocycles. The highest BCUT2D eigenvalue weighted by Gasteiger charge is 2.16. The lowest BCUT2D eigenvalue weighted by Crippen LogP contribution is -2.28. The number of carbonyl (C=O) groups excluding carboxylic acids is 2. The number of ether oxygens (including phenoxy) is 2. The minimum atomic E-state index is -0.778. The fraction of sp³-hybridized carbons (Fsp3) is 0.775. The summed E-state index contributed by atoms with van der Waals surface area (Å²) < 4.78 is 10.7. The van der Waals surface area contributed by atoms with Crippen molar-refractivity contribution >= 4 is 11.9 Å². The number of allylic oxidation sites excluding steroid dienone is 14. The zero-order chi connectivity index (χ0) is 54.8. The Bertz CT molecular complexity index is 1380. The molecule has 440 valence electrons. The van der Waals surface area contributed by atoms with Gasteiger partial charge in [-0.3, -0.25) is 9.59 Å². The van der Waals surface area contributed by atoms with Crippen LogP contribution >= 0.6 is 0 Å². The van der Waals surface area contributed by atoms with Crippen molar-refractivity contribution in [1.82, 2.24) is 0 Å². The van der Waals surface area contributed by atoms with Gasteiger partial charge in [-0.05, 0) is 89.9 Å². The largest absolute Gasteiger partial charge is 0.462 e.